The molecule has 8 nitrogen and oxygen atoms in total. The molecule has 35 heavy (non-hydrogen) atoms. The second-order valence-corrected chi connectivity index (χ2v) is 11.0. The van der Waals surface area contributed by atoms with E-state index in [4.69, 9.17) is 38.3 Å². The maximum absolute atomic E-state index is 14.0. The van der Waals surface area contributed by atoms with Crippen LogP contribution in [0, 0.1) is 23.1 Å². The van der Waals surface area contributed by atoms with Crippen molar-refractivity contribution in [2.24, 2.45) is 5.92 Å². The first-order chi connectivity index (χ1) is 16.5. The molecule has 0 bridgehead atoms. The summed E-state index contributed by atoms with van der Waals surface area (Å²) in [6, 6.07) is 9.80. The summed E-state index contributed by atoms with van der Waals surface area (Å²) in [5.41, 5.74) is -0.894. The number of ether oxygens (including phenoxy) is 1. The highest BCUT2D eigenvalue weighted by atomic mass is 35.5. The molecule has 3 rings (SSSR count). The Kier molecular flexibility index (Phi) is 8.62. The summed E-state index contributed by atoms with van der Waals surface area (Å²) >= 11 is 12.0. The molecule has 12 heteroatoms. The largest absolute Gasteiger partial charge is 0.492 e. The number of hydrogen-bond acceptors (Lipinski definition) is 6. The van der Waals surface area contributed by atoms with Crippen molar-refractivity contribution >= 4 is 39.2 Å². The molecule has 1 saturated heterocycles. The van der Waals surface area contributed by atoms with Gasteiger partial charge in [0.05, 0.1) is 22.5 Å². The molecule has 0 saturated carbocycles. The van der Waals surface area contributed by atoms with Crippen LogP contribution in [-0.2, 0) is 14.8 Å². The second kappa shape index (κ2) is 11.1. The predicted molar refractivity (Wildman–Crippen MR) is 129 cm³/mol. The molecule has 1 heterocycles. The Labute approximate surface area is 213 Å². The monoisotopic (exact) mass is 543 g/mol. The summed E-state index contributed by atoms with van der Waals surface area (Å²) in [6.07, 6.45) is 0.355. The number of carboxylic acid groups (broad SMARTS) is 1. The van der Waals surface area contributed by atoms with Gasteiger partial charge in [0.25, 0.3) is 0 Å². The highest BCUT2D eigenvalue weighted by Crippen LogP contribution is 2.37. The maximum atomic E-state index is 14.0. The Hall–Kier alpha value is -2.42. The van der Waals surface area contributed by atoms with Gasteiger partial charge in [-0.2, -0.15) is 9.57 Å². The van der Waals surface area contributed by atoms with Gasteiger partial charge in [-0.1, -0.05) is 30.1 Å². The minimum absolute atomic E-state index is 0.0217. The van der Waals surface area contributed by atoms with Gasteiger partial charge in [0.15, 0.2) is 0 Å². The third-order valence-corrected chi connectivity index (χ3v) is 8.70. The van der Waals surface area contributed by atoms with Gasteiger partial charge in [-0.15, -0.1) is 0 Å². The number of aliphatic carboxylic acids is 1. The van der Waals surface area contributed by atoms with Crippen LogP contribution in [0.2, 0.25) is 10.0 Å². The molecule has 188 valence electrons. The Morgan fingerprint density at radius 2 is 2.03 bits per heavy atom. The molecule has 1 unspecified atom stereocenters. The zero-order valence-corrected chi connectivity index (χ0v) is 21.1. The lowest BCUT2D eigenvalue weighted by atomic mass is 9.78. The molecule has 1 aliphatic rings. The quantitative estimate of drug-likeness (QED) is 0.440. The van der Waals surface area contributed by atoms with E-state index in [2.05, 4.69) is 5.32 Å². The van der Waals surface area contributed by atoms with E-state index < -0.39 is 27.3 Å². The average Bonchev–Trinajstić information content (AvgIpc) is 2.75. The Morgan fingerprint density at radius 1 is 1.31 bits per heavy atom. The SMILES string of the molecule is CCC(COc1ccc(C#N)c(F)c1)(NCCC(=O)O)C1CN(S(=O)(=O)c2ccc(Cl)cc2Cl)C1. The van der Waals surface area contributed by atoms with Gasteiger partial charge in [0.1, 0.15) is 29.1 Å². The third-order valence-electron chi connectivity index (χ3n) is 6.15. The lowest BCUT2D eigenvalue weighted by Crippen LogP contribution is -2.66. The smallest absolute Gasteiger partial charge is 0.304 e. The first-order valence-electron chi connectivity index (χ1n) is 10.8. The van der Waals surface area contributed by atoms with Gasteiger partial charge in [0, 0.05) is 36.6 Å². The molecule has 0 aromatic heterocycles. The first-order valence-corrected chi connectivity index (χ1v) is 13.0. The molecule has 1 aliphatic heterocycles. The van der Waals surface area contributed by atoms with Gasteiger partial charge in [-0.05, 0) is 36.8 Å². The number of sulfonamides is 1. The molecular formula is C23H24Cl2FN3O5S. The van der Waals surface area contributed by atoms with E-state index in [-0.39, 0.29) is 59.8 Å². The van der Waals surface area contributed by atoms with Crippen LogP contribution in [0.25, 0.3) is 0 Å². The summed E-state index contributed by atoms with van der Waals surface area (Å²) < 4.78 is 47.3. The van der Waals surface area contributed by atoms with Crippen LogP contribution in [0.3, 0.4) is 0 Å². The van der Waals surface area contributed by atoms with Gasteiger partial charge < -0.3 is 15.2 Å². The summed E-state index contributed by atoms with van der Waals surface area (Å²) in [4.78, 5) is 11.0. The van der Waals surface area contributed by atoms with E-state index in [1.165, 1.54) is 34.6 Å². The van der Waals surface area contributed by atoms with Gasteiger partial charge in [0.2, 0.25) is 10.0 Å². The maximum Gasteiger partial charge on any atom is 0.304 e. The Balaban J connectivity index is 1.78. The normalized spacial score (nSPS) is 16.2. The molecule has 0 aliphatic carbocycles. The van der Waals surface area contributed by atoms with Crippen molar-refractivity contribution in [1.82, 2.24) is 9.62 Å². The number of halogens is 3. The van der Waals surface area contributed by atoms with E-state index in [0.717, 1.165) is 6.07 Å². The number of nitriles is 1. The van der Waals surface area contributed by atoms with Gasteiger partial charge in [-0.25, -0.2) is 12.8 Å². The number of nitrogens with one attached hydrogen (secondary N) is 1. The molecule has 1 fully saturated rings. The van der Waals surface area contributed by atoms with Crippen LogP contribution >= 0.6 is 23.2 Å². The van der Waals surface area contributed by atoms with Gasteiger partial charge >= 0.3 is 5.97 Å². The van der Waals surface area contributed by atoms with Crippen LogP contribution in [-0.4, -0.2) is 55.6 Å². The molecule has 2 aromatic carbocycles. The molecule has 0 radical (unpaired) electrons. The standard InChI is InChI=1S/C23H24Cl2FN3O5S/c1-2-23(28-8-7-22(30)31,14-34-18-5-3-15(11-27)20(26)10-18)16-12-29(13-16)35(32,33)21-6-4-17(24)9-19(21)25/h3-6,9-10,16,28H,2,7-8,12-14H2,1H3,(H,30,31). The molecule has 0 amide bonds. The molecular weight excluding hydrogens is 520 g/mol. The van der Waals surface area contributed by atoms with E-state index in [1.807, 2.05) is 6.92 Å². The van der Waals surface area contributed by atoms with E-state index in [0.29, 0.717) is 11.4 Å². The van der Waals surface area contributed by atoms with Crippen LogP contribution in [0.1, 0.15) is 25.3 Å². The van der Waals surface area contributed by atoms with Crippen LogP contribution in [0.4, 0.5) is 4.39 Å². The third kappa shape index (κ3) is 6.05. The average molecular weight is 544 g/mol. The zero-order chi connectivity index (χ0) is 25.8. The van der Waals surface area contributed by atoms with Crippen molar-refractivity contribution in [1.29, 1.82) is 5.26 Å². The predicted octanol–water partition coefficient (Wildman–Crippen LogP) is 3.92. The Bertz CT molecular complexity index is 1250. The second-order valence-electron chi connectivity index (χ2n) is 8.22. The van der Waals surface area contributed by atoms with Crippen LogP contribution < -0.4 is 10.1 Å². The molecule has 2 aromatic rings. The minimum Gasteiger partial charge on any atom is -0.492 e. The number of rotatable bonds is 11. The summed E-state index contributed by atoms with van der Waals surface area (Å²) in [7, 11) is -3.87. The van der Waals surface area contributed by atoms with E-state index in [9.17, 15) is 17.6 Å². The fourth-order valence-corrected chi connectivity index (χ4v) is 6.22. The van der Waals surface area contributed by atoms with Crippen molar-refractivity contribution in [3.8, 4) is 11.8 Å². The summed E-state index contributed by atoms with van der Waals surface area (Å²) in [5.74, 6) is -1.71. The van der Waals surface area contributed by atoms with Crippen molar-refractivity contribution in [3.63, 3.8) is 0 Å². The van der Waals surface area contributed by atoms with E-state index >= 15 is 0 Å². The van der Waals surface area contributed by atoms with Crippen molar-refractivity contribution in [2.75, 3.05) is 26.2 Å². The fourth-order valence-electron chi connectivity index (χ4n) is 3.94. The Morgan fingerprint density at radius 3 is 2.60 bits per heavy atom. The molecule has 2 N–H and O–H groups in total. The lowest BCUT2D eigenvalue weighted by molar-refractivity contribution is -0.137. The zero-order valence-electron chi connectivity index (χ0n) is 18.8. The highest BCUT2D eigenvalue weighted by Gasteiger charge is 2.48. The number of nitrogens with zero attached hydrogens (tertiary/aromatic N) is 2. The summed E-state index contributed by atoms with van der Waals surface area (Å²) in [6.45, 7) is 2.36. The molecule has 1 atom stereocenters. The van der Waals surface area contributed by atoms with Crippen molar-refractivity contribution in [3.05, 3.63) is 57.8 Å². The van der Waals surface area contributed by atoms with Gasteiger partial charge in [-0.3, -0.25) is 4.79 Å². The lowest BCUT2D eigenvalue weighted by Gasteiger charge is -2.50. The number of hydrogen-bond donors (Lipinski definition) is 2. The van der Waals surface area contributed by atoms with E-state index in [1.54, 1.807) is 6.07 Å². The van der Waals surface area contributed by atoms with Crippen molar-refractivity contribution in [2.45, 2.75) is 30.2 Å². The fraction of sp³-hybridized carbons (Fsp3) is 0.391. The first kappa shape index (κ1) is 27.2. The topological polar surface area (TPSA) is 120 Å². The number of carbonyl (C=O) groups is 1. The van der Waals surface area contributed by atoms with Crippen molar-refractivity contribution < 1.29 is 27.4 Å². The molecule has 0 spiro atoms. The highest BCUT2D eigenvalue weighted by molar-refractivity contribution is 7.89. The minimum atomic E-state index is -3.87. The number of carboxylic acids is 1. The van der Waals surface area contributed by atoms with Crippen LogP contribution in [0.15, 0.2) is 41.3 Å². The summed E-state index contributed by atoms with van der Waals surface area (Å²) in [5, 5.41) is 21.5. The van der Waals surface area contributed by atoms with Crippen LogP contribution in [0.5, 0.6) is 5.75 Å². The number of benzene rings is 2.